The van der Waals surface area contributed by atoms with E-state index in [1.54, 1.807) is 60.7 Å². The molecule has 173 valence electrons. The molecule has 0 atom stereocenters. The van der Waals surface area contributed by atoms with Gasteiger partial charge in [0.25, 0.3) is 11.8 Å². The van der Waals surface area contributed by atoms with Gasteiger partial charge in [-0.2, -0.15) is 0 Å². The van der Waals surface area contributed by atoms with Crippen LogP contribution in [0.5, 0.6) is 11.5 Å². The van der Waals surface area contributed by atoms with E-state index in [0.717, 1.165) is 19.8 Å². The van der Waals surface area contributed by atoms with Crippen molar-refractivity contribution < 1.29 is 27.7 Å². The van der Waals surface area contributed by atoms with Crippen LogP contribution < -0.4 is 19.9 Å². The number of anilines is 2. The quantitative estimate of drug-likeness (QED) is 0.335. The summed E-state index contributed by atoms with van der Waals surface area (Å²) in [5.74, 6) is -2.47. The average Bonchev–Trinajstić information content (AvgIpc) is 2.87. The first-order chi connectivity index (χ1) is 17.0. The third-order valence-electron chi connectivity index (χ3n) is 4.80. The van der Waals surface area contributed by atoms with Gasteiger partial charge < -0.3 is 19.9 Å². The number of benzene rings is 4. The van der Waals surface area contributed by atoms with E-state index in [1.165, 1.54) is 24.3 Å². The Balaban J connectivity index is 1.38. The summed E-state index contributed by atoms with van der Waals surface area (Å²) in [6.45, 7) is 0. The van der Waals surface area contributed by atoms with Gasteiger partial charge in [0.15, 0.2) is 0 Å². The molecule has 0 aliphatic heterocycles. The highest BCUT2D eigenvalue weighted by atomic mass is 19.1. The third kappa shape index (κ3) is 6.23. The molecule has 9 heteroatoms. The third-order valence-corrected chi connectivity index (χ3v) is 4.80. The fourth-order valence-electron chi connectivity index (χ4n) is 3.08. The minimum Gasteiger partial charge on any atom is -0.526 e. The summed E-state index contributed by atoms with van der Waals surface area (Å²) in [6, 6.07) is 24.5. The fourth-order valence-corrected chi connectivity index (χ4v) is 3.08. The van der Waals surface area contributed by atoms with Gasteiger partial charge in [-0.3, -0.25) is 9.59 Å². The number of nitrogens with one attached hydrogen (secondary N) is 2. The average molecular weight is 471 g/mol. The van der Waals surface area contributed by atoms with Gasteiger partial charge in [-0.05, 0) is 60.7 Å². The fraction of sp³-hybridized carbons (Fsp3) is 0. The van der Waals surface area contributed by atoms with Crippen molar-refractivity contribution in [1.29, 1.82) is 0 Å². The van der Waals surface area contributed by atoms with Crippen LogP contribution in [0.1, 0.15) is 20.7 Å². The summed E-state index contributed by atoms with van der Waals surface area (Å²) in [4.78, 5) is 24.9. The van der Waals surface area contributed by atoms with Gasteiger partial charge in [-0.1, -0.05) is 36.4 Å². The van der Waals surface area contributed by atoms with Crippen LogP contribution >= 0.6 is 0 Å². The maximum Gasteiger partial charge on any atom is 0.658 e. The van der Waals surface area contributed by atoms with Crippen LogP contribution in [0.15, 0.2) is 97.1 Å². The van der Waals surface area contributed by atoms with Gasteiger partial charge in [0.1, 0.15) is 23.1 Å². The van der Waals surface area contributed by atoms with Crippen LogP contribution in [0.4, 0.5) is 20.2 Å². The molecule has 4 rings (SSSR count). The molecule has 0 aromatic heterocycles. The molecule has 0 aliphatic rings. The minimum absolute atomic E-state index is 0.133. The zero-order valence-electron chi connectivity index (χ0n) is 18.2. The van der Waals surface area contributed by atoms with Crippen molar-refractivity contribution in [3.63, 3.8) is 0 Å². The molecule has 6 nitrogen and oxygen atoms in total. The highest BCUT2D eigenvalue weighted by molar-refractivity contribution is 6.21. The Kier molecular flexibility index (Phi) is 7.37. The molecular weight excluding hydrogens is 453 g/mol. The summed E-state index contributed by atoms with van der Waals surface area (Å²) < 4.78 is 39.1. The molecule has 2 amide bonds. The number of carbonyl (C=O) groups excluding carboxylic acids is 2. The molecule has 0 spiro atoms. The maximum atomic E-state index is 14.2. The Morgan fingerprint density at radius 3 is 1.40 bits per heavy atom. The zero-order chi connectivity index (χ0) is 24.6. The van der Waals surface area contributed by atoms with E-state index in [9.17, 15) is 18.4 Å². The number of halogens is 2. The topological polar surface area (TPSA) is 76.7 Å². The lowest BCUT2D eigenvalue weighted by molar-refractivity contribution is 0.101. The van der Waals surface area contributed by atoms with Crippen molar-refractivity contribution in [1.82, 2.24) is 0 Å². The highest BCUT2D eigenvalue weighted by Gasteiger charge is 2.16. The second-order valence-electron chi connectivity index (χ2n) is 7.26. The second-order valence-corrected chi connectivity index (χ2v) is 7.26. The van der Waals surface area contributed by atoms with E-state index in [2.05, 4.69) is 10.6 Å². The monoisotopic (exact) mass is 471 g/mol. The molecule has 2 N–H and O–H groups in total. The van der Waals surface area contributed by atoms with Gasteiger partial charge in [-0.25, -0.2) is 8.78 Å². The first-order valence-corrected chi connectivity index (χ1v) is 10.5. The SMILES string of the molecule is O=C(Nc1ccccc1)c1cc(O[B]Oc2ccc(F)c(C(=O)Nc3ccccc3)c2)ccc1F. The molecule has 4 aromatic rings. The van der Waals surface area contributed by atoms with Gasteiger partial charge in [0, 0.05) is 11.4 Å². The second kappa shape index (κ2) is 11.0. The molecule has 0 saturated carbocycles. The molecule has 4 aromatic carbocycles. The molecule has 0 fully saturated rings. The minimum atomic E-state index is -0.723. The number of carbonyl (C=O) groups is 2. The lowest BCUT2D eigenvalue weighted by atomic mass is 10.1. The Morgan fingerprint density at radius 1 is 0.600 bits per heavy atom. The Hall–Kier alpha value is -4.66. The summed E-state index contributed by atoms with van der Waals surface area (Å²) in [5, 5.41) is 5.20. The van der Waals surface area contributed by atoms with Gasteiger partial charge in [0.05, 0.1) is 11.1 Å². The van der Waals surface area contributed by atoms with Crippen LogP contribution in [0, 0.1) is 11.6 Å². The normalized spacial score (nSPS) is 10.2. The van der Waals surface area contributed by atoms with E-state index < -0.39 is 23.4 Å². The predicted molar refractivity (Wildman–Crippen MR) is 129 cm³/mol. The summed E-state index contributed by atoms with van der Waals surface area (Å²) >= 11 is 0. The molecule has 0 saturated heterocycles. The number of rotatable bonds is 8. The van der Waals surface area contributed by atoms with Crippen LogP contribution in [-0.2, 0) is 0 Å². The van der Waals surface area contributed by atoms with Crippen molar-refractivity contribution in [3.8, 4) is 11.5 Å². The van der Waals surface area contributed by atoms with Crippen molar-refractivity contribution in [3.05, 3.63) is 120 Å². The Morgan fingerprint density at radius 2 is 1.00 bits per heavy atom. The maximum absolute atomic E-state index is 14.2. The summed E-state index contributed by atoms with van der Waals surface area (Å²) in [5.41, 5.74) is 0.589. The standard InChI is InChI=1S/C26H18BF2N2O4/c28-23-13-11-19(15-21(23)25(32)30-17-7-3-1-4-8-17)34-27-35-20-12-14-24(29)22(16-20)26(33)31-18-9-5-2-6-10-18/h1-16H,(H,30,32)(H,31,33). The largest absolute Gasteiger partial charge is 0.658 e. The zero-order valence-corrected chi connectivity index (χ0v) is 18.2. The van der Waals surface area contributed by atoms with Gasteiger partial charge in [0.2, 0.25) is 0 Å². The van der Waals surface area contributed by atoms with Crippen LogP contribution in [0.2, 0.25) is 0 Å². The number of hydrogen-bond donors (Lipinski definition) is 2. The van der Waals surface area contributed by atoms with Crippen molar-refractivity contribution >= 4 is 30.9 Å². The molecular formula is C26H18BF2N2O4. The van der Waals surface area contributed by atoms with Gasteiger partial charge >= 0.3 is 7.69 Å². The highest BCUT2D eigenvalue weighted by Crippen LogP contribution is 2.21. The van der Waals surface area contributed by atoms with Crippen molar-refractivity contribution in [2.24, 2.45) is 0 Å². The van der Waals surface area contributed by atoms with E-state index >= 15 is 0 Å². The Labute approximate surface area is 200 Å². The number of para-hydroxylation sites is 2. The van der Waals surface area contributed by atoms with Crippen LogP contribution in [-0.4, -0.2) is 19.5 Å². The lowest BCUT2D eigenvalue weighted by Crippen LogP contribution is -2.16. The molecule has 0 aliphatic carbocycles. The number of hydrogen-bond acceptors (Lipinski definition) is 4. The smallest absolute Gasteiger partial charge is 0.526 e. The molecule has 0 unspecified atom stereocenters. The van der Waals surface area contributed by atoms with E-state index in [-0.39, 0.29) is 22.6 Å². The van der Waals surface area contributed by atoms with E-state index in [4.69, 9.17) is 9.31 Å². The van der Waals surface area contributed by atoms with Crippen LogP contribution in [0.3, 0.4) is 0 Å². The van der Waals surface area contributed by atoms with Gasteiger partial charge in [-0.15, -0.1) is 0 Å². The summed E-state index contributed by atoms with van der Waals surface area (Å²) in [7, 11) is 0.929. The molecule has 1 radical (unpaired) electrons. The Bertz CT molecular complexity index is 1240. The lowest BCUT2D eigenvalue weighted by Gasteiger charge is -2.11. The van der Waals surface area contributed by atoms with Crippen LogP contribution in [0.25, 0.3) is 0 Å². The van der Waals surface area contributed by atoms with Crippen molar-refractivity contribution in [2.75, 3.05) is 10.6 Å². The first kappa shape index (κ1) is 23.5. The molecule has 0 bridgehead atoms. The molecule has 35 heavy (non-hydrogen) atoms. The van der Waals surface area contributed by atoms with Crippen molar-refractivity contribution in [2.45, 2.75) is 0 Å². The summed E-state index contributed by atoms with van der Waals surface area (Å²) in [6.07, 6.45) is 0. The molecule has 0 heterocycles. The van der Waals surface area contributed by atoms with E-state index in [1.807, 2.05) is 0 Å². The number of amides is 2. The first-order valence-electron chi connectivity index (χ1n) is 10.5. The van der Waals surface area contributed by atoms with E-state index in [0.29, 0.717) is 11.4 Å². The predicted octanol–water partition coefficient (Wildman–Crippen LogP) is 5.46.